The van der Waals surface area contributed by atoms with E-state index >= 15 is 0 Å². The first-order chi connectivity index (χ1) is 15.7. The molecule has 164 valence electrons. The molecule has 2 heterocycles. The number of carbonyl (C=O) groups excluding carboxylic acids is 1. The molecule has 0 spiro atoms. The van der Waals surface area contributed by atoms with Gasteiger partial charge >= 0.3 is 0 Å². The third-order valence-corrected chi connectivity index (χ3v) is 6.57. The number of nitrogens with zero attached hydrogens (tertiary/aromatic N) is 2. The normalized spacial score (nSPS) is 11.3. The van der Waals surface area contributed by atoms with Crippen molar-refractivity contribution in [3.05, 3.63) is 78.0 Å². The van der Waals surface area contributed by atoms with Gasteiger partial charge in [0.15, 0.2) is 4.34 Å². The summed E-state index contributed by atoms with van der Waals surface area (Å²) in [4.78, 5) is 16.5. The molecular formula is C23H20FN3O3S2. The molecular weight excluding hydrogens is 449 g/mol. The number of hydrogen-bond acceptors (Lipinski definition) is 7. The number of hydrazone groups is 1. The minimum Gasteiger partial charge on any atom is -0.486 e. The van der Waals surface area contributed by atoms with E-state index in [1.54, 1.807) is 47.4 Å². The number of benzene rings is 2. The number of furan rings is 1. The molecule has 0 fully saturated rings. The zero-order valence-corrected chi connectivity index (χ0v) is 18.6. The first-order valence-electron chi connectivity index (χ1n) is 9.93. The number of thiazole rings is 1. The van der Waals surface area contributed by atoms with Crippen LogP contribution in [0.4, 0.5) is 4.39 Å². The van der Waals surface area contributed by atoms with Crippen LogP contribution >= 0.6 is 23.1 Å². The minimum atomic E-state index is -0.317. The molecule has 1 N–H and O–H groups in total. The van der Waals surface area contributed by atoms with Crippen LogP contribution in [0, 0.1) is 5.82 Å². The lowest BCUT2D eigenvalue weighted by Gasteiger charge is -2.03. The molecule has 6 nitrogen and oxygen atoms in total. The van der Waals surface area contributed by atoms with Crippen molar-refractivity contribution in [3.63, 3.8) is 0 Å². The molecule has 9 heteroatoms. The summed E-state index contributed by atoms with van der Waals surface area (Å²) in [6, 6.07) is 17.3. The van der Waals surface area contributed by atoms with Crippen LogP contribution in [0.15, 0.2) is 74.5 Å². The minimum absolute atomic E-state index is 0.155. The molecule has 0 aliphatic rings. The van der Waals surface area contributed by atoms with Gasteiger partial charge in [0.1, 0.15) is 29.7 Å². The van der Waals surface area contributed by atoms with Crippen LogP contribution in [0.1, 0.15) is 24.4 Å². The molecule has 0 aliphatic carbocycles. The Labute approximate surface area is 192 Å². The van der Waals surface area contributed by atoms with Gasteiger partial charge in [0.05, 0.1) is 16.4 Å². The summed E-state index contributed by atoms with van der Waals surface area (Å²) in [5.41, 5.74) is 3.51. The molecule has 0 unspecified atom stereocenters. The van der Waals surface area contributed by atoms with Crippen molar-refractivity contribution in [1.29, 1.82) is 0 Å². The fourth-order valence-electron chi connectivity index (χ4n) is 2.76. The van der Waals surface area contributed by atoms with Crippen LogP contribution in [0.25, 0.3) is 10.2 Å². The molecule has 0 bridgehead atoms. The Morgan fingerprint density at radius 1 is 1.19 bits per heavy atom. The summed E-state index contributed by atoms with van der Waals surface area (Å²) >= 11 is 3.32. The summed E-state index contributed by atoms with van der Waals surface area (Å²) < 4.78 is 26.2. The van der Waals surface area contributed by atoms with Crippen LogP contribution in [-0.2, 0) is 11.4 Å². The number of hydrogen-bond donors (Lipinski definition) is 1. The van der Waals surface area contributed by atoms with Gasteiger partial charge in [0, 0.05) is 12.2 Å². The Kier molecular flexibility index (Phi) is 7.52. The van der Waals surface area contributed by atoms with Crippen LogP contribution in [-0.4, -0.2) is 22.9 Å². The van der Waals surface area contributed by atoms with E-state index < -0.39 is 0 Å². The smallest absolute Gasteiger partial charge is 0.240 e. The summed E-state index contributed by atoms with van der Waals surface area (Å²) in [6.07, 6.45) is 2.55. The van der Waals surface area contributed by atoms with E-state index in [4.69, 9.17) is 9.15 Å². The summed E-state index contributed by atoms with van der Waals surface area (Å²) in [6.45, 7) is 0.207. The van der Waals surface area contributed by atoms with E-state index in [2.05, 4.69) is 21.6 Å². The van der Waals surface area contributed by atoms with Gasteiger partial charge < -0.3 is 9.15 Å². The number of nitrogens with one attached hydrogen (secondary N) is 1. The third-order valence-electron chi connectivity index (χ3n) is 4.31. The number of carbonyl (C=O) groups is 1. The lowest BCUT2D eigenvalue weighted by molar-refractivity contribution is -0.121. The maximum atomic E-state index is 12.9. The lowest BCUT2D eigenvalue weighted by atomic mass is 10.3. The Bertz CT molecular complexity index is 1170. The largest absolute Gasteiger partial charge is 0.486 e. The van der Waals surface area contributed by atoms with E-state index in [1.165, 1.54) is 23.0 Å². The number of halogens is 1. The summed E-state index contributed by atoms with van der Waals surface area (Å²) in [7, 11) is 0. The van der Waals surface area contributed by atoms with Crippen molar-refractivity contribution < 1.29 is 18.3 Å². The molecule has 0 saturated carbocycles. The Balaban J connectivity index is 1.14. The predicted octanol–water partition coefficient (Wildman–Crippen LogP) is 5.63. The highest BCUT2D eigenvalue weighted by atomic mass is 32.2. The molecule has 0 radical (unpaired) electrons. The van der Waals surface area contributed by atoms with Gasteiger partial charge in [-0.3, -0.25) is 4.79 Å². The zero-order valence-electron chi connectivity index (χ0n) is 17.0. The molecule has 4 aromatic rings. The molecule has 0 aliphatic heterocycles. The van der Waals surface area contributed by atoms with E-state index in [0.717, 1.165) is 22.0 Å². The number of thioether (sulfide) groups is 1. The fourth-order valence-corrected chi connectivity index (χ4v) is 4.83. The average molecular weight is 470 g/mol. The van der Waals surface area contributed by atoms with Crippen LogP contribution in [0.5, 0.6) is 5.75 Å². The molecule has 4 rings (SSSR count). The van der Waals surface area contributed by atoms with Crippen molar-refractivity contribution in [2.24, 2.45) is 5.10 Å². The molecule has 0 atom stereocenters. The van der Waals surface area contributed by atoms with E-state index in [9.17, 15) is 9.18 Å². The van der Waals surface area contributed by atoms with Crippen LogP contribution in [0.3, 0.4) is 0 Å². The Morgan fingerprint density at radius 3 is 2.88 bits per heavy atom. The average Bonchev–Trinajstić information content (AvgIpc) is 3.43. The zero-order chi connectivity index (χ0) is 22.2. The summed E-state index contributed by atoms with van der Waals surface area (Å²) in [5, 5.41) is 3.93. The van der Waals surface area contributed by atoms with E-state index in [-0.39, 0.29) is 18.3 Å². The molecule has 2 aromatic heterocycles. The van der Waals surface area contributed by atoms with E-state index in [1.807, 2.05) is 18.2 Å². The number of aromatic nitrogens is 1. The topological polar surface area (TPSA) is 76.7 Å². The standard InChI is InChI=1S/C23H20FN3O3S2/c24-16-7-9-17(10-8-16)29-15-19-12-11-18(30-19)14-25-27-22(28)6-3-13-31-23-26-20-4-1-2-5-21(20)32-23/h1-2,4-5,7-12,14H,3,6,13,15H2,(H,27,28)/b25-14+. The first kappa shape index (κ1) is 22.0. The lowest BCUT2D eigenvalue weighted by Crippen LogP contribution is -2.17. The van der Waals surface area contributed by atoms with Crippen molar-refractivity contribution >= 4 is 45.4 Å². The highest BCUT2D eigenvalue weighted by Gasteiger charge is 2.06. The number of para-hydroxylation sites is 1. The second kappa shape index (κ2) is 10.9. The Morgan fingerprint density at radius 2 is 2.03 bits per heavy atom. The quantitative estimate of drug-likeness (QED) is 0.141. The van der Waals surface area contributed by atoms with Crippen LogP contribution in [0.2, 0.25) is 0 Å². The number of ether oxygens (including phenoxy) is 1. The SMILES string of the molecule is O=C(CCCSc1nc2ccccc2s1)N/N=C/c1ccc(COc2ccc(F)cc2)o1. The maximum Gasteiger partial charge on any atom is 0.240 e. The number of fused-ring (bicyclic) bond motifs is 1. The van der Waals surface area contributed by atoms with E-state index in [0.29, 0.717) is 23.7 Å². The second-order valence-electron chi connectivity index (χ2n) is 6.74. The third kappa shape index (κ3) is 6.41. The van der Waals surface area contributed by atoms with Gasteiger partial charge in [-0.15, -0.1) is 11.3 Å². The second-order valence-corrected chi connectivity index (χ2v) is 9.11. The van der Waals surface area contributed by atoms with Crippen molar-refractivity contribution in [3.8, 4) is 5.75 Å². The highest BCUT2D eigenvalue weighted by molar-refractivity contribution is 8.01. The molecule has 2 aromatic carbocycles. The first-order valence-corrected chi connectivity index (χ1v) is 11.7. The van der Waals surface area contributed by atoms with Crippen molar-refractivity contribution in [2.75, 3.05) is 5.75 Å². The Hall–Kier alpha value is -3.17. The van der Waals surface area contributed by atoms with Crippen LogP contribution < -0.4 is 10.2 Å². The summed E-state index contributed by atoms with van der Waals surface area (Å²) in [5.74, 6) is 1.97. The van der Waals surface area contributed by atoms with Gasteiger partial charge in [-0.2, -0.15) is 5.10 Å². The highest BCUT2D eigenvalue weighted by Crippen LogP contribution is 2.29. The van der Waals surface area contributed by atoms with Gasteiger partial charge in [-0.25, -0.2) is 14.8 Å². The fraction of sp³-hybridized carbons (Fsp3) is 0.174. The molecule has 32 heavy (non-hydrogen) atoms. The molecule has 0 saturated heterocycles. The van der Waals surface area contributed by atoms with Gasteiger partial charge in [0.25, 0.3) is 0 Å². The monoisotopic (exact) mass is 469 g/mol. The van der Waals surface area contributed by atoms with Gasteiger partial charge in [-0.1, -0.05) is 23.9 Å². The predicted molar refractivity (Wildman–Crippen MR) is 125 cm³/mol. The number of rotatable bonds is 10. The number of amides is 1. The van der Waals surface area contributed by atoms with Gasteiger partial charge in [0.2, 0.25) is 5.91 Å². The van der Waals surface area contributed by atoms with Crippen molar-refractivity contribution in [1.82, 2.24) is 10.4 Å². The molecule has 1 amide bonds. The van der Waals surface area contributed by atoms with Crippen molar-refractivity contribution in [2.45, 2.75) is 23.8 Å². The maximum absolute atomic E-state index is 12.9. The van der Waals surface area contributed by atoms with Gasteiger partial charge in [-0.05, 0) is 55.0 Å².